The van der Waals surface area contributed by atoms with Crippen molar-refractivity contribution in [2.75, 3.05) is 17.2 Å². The number of aromatic nitrogens is 1. The van der Waals surface area contributed by atoms with E-state index in [1.165, 1.54) is 11.1 Å². The number of pyridine rings is 1. The molecule has 0 aliphatic carbocycles. The predicted molar refractivity (Wildman–Crippen MR) is 79.3 cm³/mol. The van der Waals surface area contributed by atoms with Gasteiger partial charge in [-0.15, -0.1) is 0 Å². The van der Waals surface area contributed by atoms with Crippen molar-refractivity contribution in [1.29, 1.82) is 5.26 Å². The van der Waals surface area contributed by atoms with Crippen molar-refractivity contribution in [1.82, 2.24) is 4.98 Å². The molecule has 1 aliphatic heterocycles. The van der Waals surface area contributed by atoms with Gasteiger partial charge in [0.2, 0.25) is 0 Å². The molecule has 2 aromatic rings. The number of nitrogens with two attached hydrogens (primary N) is 1. The molecule has 2 N–H and O–H groups in total. The molecule has 2 heterocycles. The number of fused-ring (bicyclic) bond motifs is 1. The van der Waals surface area contributed by atoms with Crippen LogP contribution in [0.2, 0.25) is 0 Å². The fourth-order valence-corrected chi connectivity index (χ4v) is 2.63. The van der Waals surface area contributed by atoms with E-state index in [1.807, 2.05) is 31.2 Å². The first-order chi connectivity index (χ1) is 9.67. The first-order valence-corrected chi connectivity index (χ1v) is 6.67. The fraction of sp³-hybridized carbons (Fsp3) is 0.250. The maximum absolute atomic E-state index is 9.24. The van der Waals surface area contributed by atoms with Gasteiger partial charge in [0.15, 0.2) is 0 Å². The topological polar surface area (TPSA) is 65.9 Å². The number of nitriles is 1. The third-order valence-electron chi connectivity index (χ3n) is 3.68. The van der Waals surface area contributed by atoms with E-state index in [4.69, 9.17) is 5.73 Å². The second-order valence-corrected chi connectivity index (χ2v) is 5.14. The minimum absolute atomic E-state index is 0.628. The van der Waals surface area contributed by atoms with E-state index in [2.05, 4.69) is 22.0 Å². The molecule has 0 spiro atoms. The molecule has 3 rings (SSSR count). The van der Waals surface area contributed by atoms with Crippen molar-refractivity contribution < 1.29 is 0 Å². The van der Waals surface area contributed by atoms with Crippen LogP contribution in [-0.2, 0) is 13.0 Å². The number of aryl methyl sites for hydroxylation is 1. The highest BCUT2D eigenvalue weighted by Gasteiger charge is 2.20. The number of benzene rings is 1. The van der Waals surface area contributed by atoms with Crippen molar-refractivity contribution in [3.05, 3.63) is 52.7 Å². The molecule has 1 aromatic carbocycles. The van der Waals surface area contributed by atoms with Crippen molar-refractivity contribution in [3.8, 4) is 6.07 Å². The summed E-state index contributed by atoms with van der Waals surface area (Å²) in [6, 6.07) is 12.0. The molecule has 0 amide bonds. The molecule has 0 saturated heterocycles. The molecule has 1 aliphatic rings. The summed E-state index contributed by atoms with van der Waals surface area (Å²) in [5.41, 5.74) is 10.8. The van der Waals surface area contributed by atoms with Crippen LogP contribution in [-0.4, -0.2) is 11.5 Å². The van der Waals surface area contributed by atoms with Crippen LogP contribution in [0.1, 0.15) is 22.4 Å². The van der Waals surface area contributed by atoms with Gasteiger partial charge < -0.3 is 10.6 Å². The molecule has 4 nitrogen and oxygen atoms in total. The number of nitrogen functional groups attached to an aromatic ring is 1. The first-order valence-electron chi connectivity index (χ1n) is 6.67. The van der Waals surface area contributed by atoms with E-state index < -0.39 is 0 Å². The maximum Gasteiger partial charge on any atom is 0.147 e. The molecule has 0 saturated carbocycles. The first kappa shape index (κ1) is 12.5. The van der Waals surface area contributed by atoms with E-state index in [9.17, 15) is 5.26 Å². The molecule has 100 valence electrons. The number of rotatable bonds is 1. The predicted octanol–water partition coefficient (Wildman–Crippen LogP) is 2.41. The highest BCUT2D eigenvalue weighted by Crippen LogP contribution is 2.27. The van der Waals surface area contributed by atoms with Crippen LogP contribution in [0.3, 0.4) is 0 Å². The van der Waals surface area contributed by atoms with Gasteiger partial charge >= 0.3 is 0 Å². The van der Waals surface area contributed by atoms with Gasteiger partial charge in [-0.3, -0.25) is 0 Å². The zero-order chi connectivity index (χ0) is 14.1. The highest BCUT2D eigenvalue weighted by molar-refractivity contribution is 5.57. The Balaban J connectivity index is 1.98. The molecule has 0 radical (unpaired) electrons. The largest absolute Gasteiger partial charge is 0.399 e. The highest BCUT2D eigenvalue weighted by atomic mass is 15.2. The molecule has 0 bridgehead atoms. The van der Waals surface area contributed by atoms with Crippen LogP contribution in [0.25, 0.3) is 0 Å². The van der Waals surface area contributed by atoms with Crippen LogP contribution in [0.15, 0.2) is 30.3 Å². The standard InChI is InChI=1S/C16H16N4/c1-11-2-3-13(9-17)16(19-11)20-7-6-12-4-5-15(18)8-14(12)10-20/h2-5,8H,6-7,10,18H2,1H3. The summed E-state index contributed by atoms with van der Waals surface area (Å²) in [4.78, 5) is 6.70. The van der Waals surface area contributed by atoms with Crippen LogP contribution in [0, 0.1) is 18.3 Å². The second kappa shape index (κ2) is 4.86. The van der Waals surface area contributed by atoms with Gasteiger partial charge in [0.1, 0.15) is 11.9 Å². The number of anilines is 2. The lowest BCUT2D eigenvalue weighted by Crippen LogP contribution is -2.31. The summed E-state index contributed by atoms with van der Waals surface area (Å²) in [5.74, 6) is 0.778. The Morgan fingerprint density at radius 3 is 2.90 bits per heavy atom. The van der Waals surface area contributed by atoms with Gasteiger partial charge in [0.25, 0.3) is 0 Å². The summed E-state index contributed by atoms with van der Waals surface area (Å²) in [6.45, 7) is 3.58. The number of nitrogens with zero attached hydrogens (tertiary/aromatic N) is 3. The molecule has 4 heteroatoms. The minimum Gasteiger partial charge on any atom is -0.399 e. The van der Waals surface area contributed by atoms with Crippen LogP contribution in [0.5, 0.6) is 0 Å². The zero-order valence-corrected chi connectivity index (χ0v) is 11.4. The zero-order valence-electron chi connectivity index (χ0n) is 11.4. The average Bonchev–Trinajstić information content (AvgIpc) is 2.46. The van der Waals surface area contributed by atoms with Gasteiger partial charge in [-0.1, -0.05) is 6.07 Å². The molecule has 20 heavy (non-hydrogen) atoms. The molecule has 0 atom stereocenters. The smallest absolute Gasteiger partial charge is 0.147 e. The molecule has 0 fully saturated rings. The van der Waals surface area contributed by atoms with Gasteiger partial charge in [0, 0.05) is 24.5 Å². The van der Waals surface area contributed by atoms with Crippen molar-refractivity contribution in [2.45, 2.75) is 19.9 Å². The van der Waals surface area contributed by atoms with E-state index >= 15 is 0 Å². The van der Waals surface area contributed by atoms with Crippen molar-refractivity contribution in [3.63, 3.8) is 0 Å². The van der Waals surface area contributed by atoms with Crippen molar-refractivity contribution >= 4 is 11.5 Å². The summed E-state index contributed by atoms with van der Waals surface area (Å²) in [7, 11) is 0. The van der Waals surface area contributed by atoms with Gasteiger partial charge in [-0.25, -0.2) is 4.98 Å². The van der Waals surface area contributed by atoms with Crippen LogP contribution in [0.4, 0.5) is 11.5 Å². The Bertz CT molecular complexity index is 700. The monoisotopic (exact) mass is 264 g/mol. The third-order valence-corrected chi connectivity index (χ3v) is 3.68. The lowest BCUT2D eigenvalue weighted by Gasteiger charge is -2.30. The summed E-state index contributed by atoms with van der Waals surface area (Å²) < 4.78 is 0. The van der Waals surface area contributed by atoms with Crippen LogP contribution >= 0.6 is 0 Å². The van der Waals surface area contributed by atoms with Crippen molar-refractivity contribution in [2.24, 2.45) is 0 Å². The quantitative estimate of drug-likeness (QED) is 0.803. The Labute approximate surface area is 118 Å². The normalized spacial score (nSPS) is 13.7. The lowest BCUT2D eigenvalue weighted by molar-refractivity contribution is 0.719. The Morgan fingerprint density at radius 2 is 2.10 bits per heavy atom. The summed E-state index contributed by atoms with van der Waals surface area (Å²) >= 11 is 0. The molecule has 0 unspecified atom stereocenters. The molecular formula is C16H16N4. The Morgan fingerprint density at radius 1 is 1.25 bits per heavy atom. The van der Waals surface area contributed by atoms with E-state index in [0.717, 1.165) is 36.7 Å². The second-order valence-electron chi connectivity index (χ2n) is 5.14. The molecule has 1 aromatic heterocycles. The minimum atomic E-state index is 0.628. The Kier molecular flexibility index (Phi) is 3.03. The van der Waals surface area contributed by atoms with Gasteiger partial charge in [-0.2, -0.15) is 5.26 Å². The third kappa shape index (κ3) is 2.19. The number of hydrogen-bond acceptors (Lipinski definition) is 4. The van der Waals surface area contributed by atoms with Gasteiger partial charge in [0.05, 0.1) is 5.56 Å². The lowest BCUT2D eigenvalue weighted by atomic mass is 9.99. The van der Waals surface area contributed by atoms with Gasteiger partial charge in [-0.05, 0) is 48.7 Å². The van der Waals surface area contributed by atoms with E-state index in [0.29, 0.717) is 5.56 Å². The Hall–Kier alpha value is -2.54. The van der Waals surface area contributed by atoms with E-state index in [1.54, 1.807) is 0 Å². The average molecular weight is 264 g/mol. The SMILES string of the molecule is Cc1ccc(C#N)c(N2CCc3ccc(N)cc3C2)n1. The fourth-order valence-electron chi connectivity index (χ4n) is 2.63. The maximum atomic E-state index is 9.24. The van der Waals surface area contributed by atoms with E-state index in [-0.39, 0.29) is 0 Å². The molecular weight excluding hydrogens is 248 g/mol. The summed E-state index contributed by atoms with van der Waals surface area (Å²) in [6.07, 6.45) is 0.954. The number of hydrogen-bond donors (Lipinski definition) is 1. The van der Waals surface area contributed by atoms with Crippen LogP contribution < -0.4 is 10.6 Å². The summed E-state index contributed by atoms with van der Waals surface area (Å²) in [5, 5.41) is 9.24.